The number of anilines is 2. The van der Waals surface area contributed by atoms with E-state index in [1.807, 2.05) is 18.2 Å². The maximum Gasteiger partial charge on any atom is 0.331 e. The summed E-state index contributed by atoms with van der Waals surface area (Å²) in [7, 11) is 0. The van der Waals surface area contributed by atoms with Crippen LogP contribution in [0.5, 0.6) is 5.75 Å². The molecular formula is C24H28FNO3S2. The molecule has 2 aromatic rings. The summed E-state index contributed by atoms with van der Waals surface area (Å²) in [6.07, 6.45) is 5.70. The molecule has 0 saturated heterocycles. The minimum absolute atomic E-state index is 0.244. The molecule has 4 nitrogen and oxygen atoms in total. The van der Waals surface area contributed by atoms with Crippen molar-refractivity contribution in [1.82, 2.24) is 0 Å². The predicted molar refractivity (Wildman–Crippen MR) is 127 cm³/mol. The van der Waals surface area contributed by atoms with Crippen molar-refractivity contribution in [2.24, 2.45) is 5.92 Å². The van der Waals surface area contributed by atoms with Crippen LogP contribution in [0.3, 0.4) is 0 Å². The van der Waals surface area contributed by atoms with Gasteiger partial charge < -0.3 is 14.7 Å². The van der Waals surface area contributed by atoms with Gasteiger partial charge in [0.25, 0.3) is 0 Å². The molecule has 3 rings (SSSR count). The van der Waals surface area contributed by atoms with Gasteiger partial charge in [-0.2, -0.15) is 0 Å². The van der Waals surface area contributed by atoms with E-state index in [9.17, 15) is 9.18 Å². The fourth-order valence-corrected chi connectivity index (χ4v) is 5.48. The zero-order chi connectivity index (χ0) is 22.2. The first-order valence-electron chi connectivity index (χ1n) is 10.5. The third-order valence-corrected chi connectivity index (χ3v) is 7.24. The maximum atomic E-state index is 13.6. The van der Waals surface area contributed by atoms with Crippen molar-refractivity contribution in [3.05, 3.63) is 54.6 Å². The van der Waals surface area contributed by atoms with E-state index < -0.39 is 5.97 Å². The first kappa shape index (κ1) is 23.5. The van der Waals surface area contributed by atoms with Gasteiger partial charge >= 0.3 is 5.97 Å². The Morgan fingerprint density at radius 1 is 1.32 bits per heavy atom. The number of carboxylic acids is 1. The molecule has 166 valence electrons. The molecule has 0 amide bonds. The zero-order valence-electron chi connectivity index (χ0n) is 17.8. The van der Waals surface area contributed by atoms with Crippen molar-refractivity contribution in [1.29, 1.82) is 0 Å². The number of aliphatic carboxylic acids is 1. The van der Waals surface area contributed by atoms with E-state index in [4.69, 9.17) is 9.84 Å². The van der Waals surface area contributed by atoms with Crippen molar-refractivity contribution < 1.29 is 19.0 Å². The molecule has 1 unspecified atom stereocenters. The van der Waals surface area contributed by atoms with E-state index >= 15 is 0 Å². The van der Waals surface area contributed by atoms with E-state index in [1.54, 1.807) is 23.5 Å². The van der Waals surface area contributed by atoms with E-state index in [1.165, 1.54) is 24.8 Å². The Morgan fingerprint density at radius 3 is 2.77 bits per heavy atom. The topological polar surface area (TPSA) is 49.8 Å². The molecular weight excluding hydrogens is 433 g/mol. The van der Waals surface area contributed by atoms with Crippen LogP contribution in [-0.4, -0.2) is 29.1 Å². The summed E-state index contributed by atoms with van der Waals surface area (Å²) in [6.45, 7) is 5.15. The second kappa shape index (κ2) is 11.5. The predicted octanol–water partition coefficient (Wildman–Crippen LogP) is 6.97. The number of halogens is 1. The highest BCUT2D eigenvalue weighted by molar-refractivity contribution is 7.99. The number of hydrogen-bond donors (Lipinski definition) is 1. The lowest BCUT2D eigenvalue weighted by Gasteiger charge is -2.28. The smallest absolute Gasteiger partial charge is 0.331 e. The highest BCUT2D eigenvalue weighted by Gasteiger charge is 2.25. The van der Waals surface area contributed by atoms with Gasteiger partial charge in [0.15, 0.2) is 0 Å². The zero-order valence-corrected chi connectivity index (χ0v) is 19.5. The number of hydrogen-bond acceptors (Lipinski definition) is 5. The Hall–Kier alpha value is -2.12. The largest absolute Gasteiger partial charge is 0.478 e. The Bertz CT molecular complexity index is 918. The molecule has 31 heavy (non-hydrogen) atoms. The normalized spacial score (nSPS) is 16.2. The third kappa shape index (κ3) is 6.43. The van der Waals surface area contributed by atoms with Gasteiger partial charge in [-0.1, -0.05) is 26.7 Å². The highest BCUT2D eigenvalue weighted by Crippen LogP contribution is 2.45. The second-order valence-corrected chi connectivity index (χ2v) is 9.73. The number of nitrogens with zero attached hydrogens (tertiary/aromatic N) is 1. The second-order valence-electron chi connectivity index (χ2n) is 7.36. The van der Waals surface area contributed by atoms with Crippen LogP contribution in [0.2, 0.25) is 0 Å². The van der Waals surface area contributed by atoms with Gasteiger partial charge in [-0.3, -0.25) is 0 Å². The number of benzene rings is 2. The summed E-state index contributed by atoms with van der Waals surface area (Å²) >= 11 is 3.46. The first-order valence-corrected chi connectivity index (χ1v) is 12.5. The van der Waals surface area contributed by atoms with Crippen LogP contribution in [-0.2, 0) is 4.79 Å². The molecule has 1 aliphatic rings. The molecule has 0 aromatic heterocycles. The fourth-order valence-electron chi connectivity index (χ4n) is 3.53. The molecule has 1 N–H and O–H groups in total. The minimum atomic E-state index is -1.05. The van der Waals surface area contributed by atoms with Crippen molar-refractivity contribution in [3.63, 3.8) is 0 Å². The van der Waals surface area contributed by atoms with Crippen LogP contribution in [0.25, 0.3) is 0 Å². The highest BCUT2D eigenvalue weighted by atomic mass is 32.2. The SMILES string of the molecule is CCCCC1CSc2cc(O/C=C/C(=O)O)c(SCC)cc2N(c2ccc(F)cc2)C1. The molecule has 0 spiro atoms. The number of fused-ring (bicyclic) bond motifs is 1. The lowest BCUT2D eigenvalue weighted by molar-refractivity contribution is -0.131. The molecule has 0 bridgehead atoms. The summed E-state index contributed by atoms with van der Waals surface area (Å²) in [5.74, 6) is 1.74. The molecule has 1 heterocycles. The lowest BCUT2D eigenvalue weighted by atomic mass is 10.0. The van der Waals surface area contributed by atoms with Gasteiger partial charge in [-0.15, -0.1) is 23.5 Å². The molecule has 0 radical (unpaired) electrons. The number of ether oxygens (including phenoxy) is 1. The number of carboxylic acid groups (broad SMARTS) is 1. The fraction of sp³-hybridized carbons (Fsp3) is 0.375. The minimum Gasteiger partial charge on any atom is -0.478 e. The van der Waals surface area contributed by atoms with Crippen LogP contribution in [0.1, 0.15) is 33.1 Å². The van der Waals surface area contributed by atoms with Crippen molar-refractivity contribution in [2.75, 3.05) is 23.0 Å². The Labute approximate surface area is 191 Å². The van der Waals surface area contributed by atoms with Gasteiger partial charge in [0.2, 0.25) is 0 Å². The number of rotatable bonds is 9. The third-order valence-electron chi connectivity index (χ3n) is 5.04. The molecule has 0 fully saturated rings. The average Bonchev–Trinajstić information content (AvgIpc) is 2.92. The number of thioether (sulfide) groups is 2. The van der Waals surface area contributed by atoms with Gasteiger partial charge in [-0.05, 0) is 54.5 Å². The van der Waals surface area contributed by atoms with Crippen LogP contribution in [0.4, 0.5) is 15.8 Å². The molecule has 7 heteroatoms. The first-order chi connectivity index (χ1) is 15.0. The van der Waals surface area contributed by atoms with E-state index in [0.717, 1.165) is 58.1 Å². The van der Waals surface area contributed by atoms with Crippen molar-refractivity contribution in [2.45, 2.75) is 42.9 Å². The summed E-state index contributed by atoms with van der Waals surface area (Å²) in [4.78, 5) is 15.1. The Morgan fingerprint density at radius 2 is 2.10 bits per heavy atom. The average molecular weight is 462 g/mol. The lowest BCUT2D eigenvalue weighted by Crippen LogP contribution is -2.25. The molecule has 0 aliphatic carbocycles. The van der Waals surface area contributed by atoms with Crippen molar-refractivity contribution in [3.8, 4) is 5.75 Å². The standard InChI is InChI=1S/C24H28FNO3S2/c1-3-5-6-17-15-26(19-9-7-18(25)8-10-19)20-13-23(30-4-2)21(14-22(20)31-16-17)29-12-11-24(27)28/h7-14,17H,3-6,15-16H2,1-2H3,(H,27,28)/b12-11+. The molecule has 1 atom stereocenters. The molecule has 2 aromatic carbocycles. The van der Waals surface area contributed by atoms with Crippen LogP contribution in [0, 0.1) is 11.7 Å². The van der Waals surface area contributed by atoms with Gasteiger partial charge in [0.05, 0.1) is 22.9 Å². The van der Waals surface area contributed by atoms with Crippen molar-refractivity contribution >= 4 is 40.9 Å². The van der Waals surface area contributed by atoms with Gasteiger partial charge in [0, 0.05) is 22.9 Å². The van der Waals surface area contributed by atoms with Crippen LogP contribution < -0.4 is 9.64 Å². The summed E-state index contributed by atoms with van der Waals surface area (Å²) < 4.78 is 19.3. The van der Waals surface area contributed by atoms with Crippen LogP contribution >= 0.6 is 23.5 Å². The Kier molecular flexibility index (Phi) is 8.72. The van der Waals surface area contributed by atoms with E-state index in [-0.39, 0.29) is 5.82 Å². The molecule has 0 saturated carbocycles. The monoisotopic (exact) mass is 461 g/mol. The number of unbranched alkanes of at least 4 members (excludes halogenated alkanes) is 1. The molecule has 1 aliphatic heterocycles. The van der Waals surface area contributed by atoms with Crippen LogP contribution in [0.15, 0.2) is 58.5 Å². The number of carbonyl (C=O) groups is 1. The van der Waals surface area contributed by atoms with Gasteiger partial charge in [0.1, 0.15) is 11.6 Å². The summed E-state index contributed by atoms with van der Waals surface area (Å²) in [5.41, 5.74) is 2.06. The van der Waals surface area contributed by atoms with E-state index in [2.05, 4.69) is 24.8 Å². The summed E-state index contributed by atoms with van der Waals surface area (Å²) in [5, 5.41) is 8.86. The Balaban J connectivity index is 2.02. The quantitative estimate of drug-likeness (QED) is 0.247. The maximum absolute atomic E-state index is 13.6. The van der Waals surface area contributed by atoms with E-state index in [0.29, 0.717) is 11.7 Å². The summed E-state index contributed by atoms with van der Waals surface area (Å²) in [6, 6.07) is 10.8. The van der Waals surface area contributed by atoms with Gasteiger partial charge in [-0.25, -0.2) is 9.18 Å².